The Bertz CT molecular complexity index is 2350. The van der Waals surface area contributed by atoms with Gasteiger partial charge in [0, 0.05) is 73.0 Å². The maximum atomic E-state index is 11.6. The van der Waals surface area contributed by atoms with Crippen LogP contribution < -0.4 is 27.0 Å². The molecule has 3 aliphatic heterocycles. The summed E-state index contributed by atoms with van der Waals surface area (Å²) in [5.74, 6) is 5.98. The number of pyridine rings is 1. The van der Waals surface area contributed by atoms with E-state index in [0.29, 0.717) is 18.8 Å². The fourth-order valence-electron chi connectivity index (χ4n) is 9.31. The molecule has 1 unspecified atom stereocenters. The van der Waals surface area contributed by atoms with Gasteiger partial charge in [0.25, 0.3) is 0 Å². The van der Waals surface area contributed by atoms with Gasteiger partial charge in [-0.2, -0.15) is 5.90 Å². The first-order valence-corrected chi connectivity index (χ1v) is 25.2. The van der Waals surface area contributed by atoms with Crippen molar-refractivity contribution in [3.8, 4) is 11.1 Å². The quantitative estimate of drug-likeness (QED) is 0.0632. The van der Waals surface area contributed by atoms with E-state index in [9.17, 15) is 9.59 Å². The summed E-state index contributed by atoms with van der Waals surface area (Å²) in [7, 11) is 0. The third-order valence-electron chi connectivity index (χ3n) is 13.2. The minimum atomic E-state index is -0.375. The van der Waals surface area contributed by atoms with Crippen LogP contribution in [-0.4, -0.2) is 60.4 Å². The minimum Gasteiger partial charge on any atom is -0.383 e. The summed E-state index contributed by atoms with van der Waals surface area (Å²) < 4.78 is 0. The molecule has 0 spiro atoms. The molecule has 2 fully saturated rings. The zero-order valence-electron chi connectivity index (χ0n) is 42.5. The molecule has 1 aromatic heterocycles. The molecule has 10 heteroatoms. The van der Waals surface area contributed by atoms with Gasteiger partial charge in [0.2, 0.25) is 0 Å². The zero-order valence-corrected chi connectivity index (χ0v) is 42.5. The van der Waals surface area contributed by atoms with E-state index in [1.54, 1.807) is 6.92 Å². The van der Waals surface area contributed by atoms with Crippen LogP contribution in [0, 0.1) is 19.8 Å². The van der Waals surface area contributed by atoms with Gasteiger partial charge < -0.3 is 20.5 Å². The van der Waals surface area contributed by atoms with Crippen molar-refractivity contribution in [1.82, 2.24) is 15.3 Å². The Morgan fingerprint density at radius 3 is 2.18 bits per heavy atom. The molecule has 0 amide bonds. The fraction of sp³-hybridized carbons (Fsp3) is 0.431. The molecule has 8 rings (SSSR count). The number of benzene rings is 4. The van der Waals surface area contributed by atoms with Crippen molar-refractivity contribution >= 4 is 34.9 Å². The molecular weight excluding hydrogens is 843 g/mol. The number of hydrogen-bond acceptors (Lipinski definition) is 10. The molecule has 1 atom stereocenters. The highest BCUT2D eigenvalue weighted by molar-refractivity contribution is 5.94. The predicted molar refractivity (Wildman–Crippen MR) is 285 cm³/mol. The fourth-order valence-corrected chi connectivity index (χ4v) is 9.31. The molecule has 4 aromatic carbocycles. The number of carbonyl (C=O) groups is 2. The van der Waals surface area contributed by atoms with Gasteiger partial charge >= 0.3 is 5.97 Å². The van der Waals surface area contributed by atoms with Crippen molar-refractivity contribution in [2.75, 3.05) is 48.4 Å². The van der Waals surface area contributed by atoms with Crippen LogP contribution in [0.25, 0.3) is 17.2 Å². The Hall–Kier alpha value is -5.81. The average molecular weight is 922 g/mol. The van der Waals surface area contributed by atoms with E-state index in [1.165, 1.54) is 69.5 Å². The number of piperidine rings is 2. The molecule has 0 aliphatic carbocycles. The molecule has 0 bridgehead atoms. The van der Waals surface area contributed by atoms with E-state index in [0.717, 1.165) is 80.7 Å². The van der Waals surface area contributed by atoms with Gasteiger partial charge in [0.05, 0.1) is 5.69 Å². The second-order valence-corrected chi connectivity index (χ2v) is 18.2. The lowest BCUT2D eigenvalue weighted by Gasteiger charge is -2.34. The number of hydrogen-bond donors (Lipinski definition) is 4. The van der Waals surface area contributed by atoms with Crippen LogP contribution in [0.1, 0.15) is 137 Å². The standard InChI is InChI=1S/C30H34N4O.C24H33N3O2.2C2H6/c1-20(19-34-14-11-25(12-15-34)24-6-4-23(5-7-24)22(3)35)16-29-21(2)31-13-10-28(29)26-8-9-30-27(17-26)18-32-33-30;1-18-3-6-20(7-4-18)17-21-13-15-27(16-14-21)23-10-8-22(9-11-23)26-19(2)5-12-24(28)29-25;2*1-2/h4-10,13,16-17,25,32-33H,11-12,14-15,18-19H2,1-3H3;3-4,6-11,19,21,26H,5,12-17,25H2,1-2H3;2*1-2H3/b20-16+;;;. The molecule has 4 heterocycles. The Morgan fingerprint density at radius 1 is 0.853 bits per heavy atom. The Kier molecular flexibility index (Phi) is 21.3. The third kappa shape index (κ3) is 15.6. The molecule has 5 N–H and O–H groups in total. The van der Waals surface area contributed by atoms with E-state index in [2.05, 4.69) is 154 Å². The number of fused-ring (bicyclic) bond motifs is 1. The van der Waals surface area contributed by atoms with E-state index in [4.69, 9.17) is 5.90 Å². The van der Waals surface area contributed by atoms with Crippen molar-refractivity contribution in [3.63, 3.8) is 0 Å². The van der Waals surface area contributed by atoms with E-state index in [-0.39, 0.29) is 17.8 Å². The minimum absolute atomic E-state index is 0.130. The number of anilines is 3. The molecule has 2 saturated heterocycles. The number of aryl methyl sites for hydroxylation is 2. The van der Waals surface area contributed by atoms with Gasteiger partial charge in [-0.25, -0.2) is 5.43 Å². The first kappa shape index (κ1) is 53.1. The number of carbonyl (C=O) groups excluding carboxylic acids is 2. The van der Waals surface area contributed by atoms with Gasteiger partial charge in [0.15, 0.2) is 5.78 Å². The molecule has 3 aliphatic rings. The summed E-state index contributed by atoms with van der Waals surface area (Å²) in [6.45, 7) is 24.4. The van der Waals surface area contributed by atoms with Crippen molar-refractivity contribution in [3.05, 3.63) is 148 Å². The summed E-state index contributed by atoms with van der Waals surface area (Å²) in [5, 5.41) is 3.42. The zero-order chi connectivity index (χ0) is 49.0. The summed E-state index contributed by atoms with van der Waals surface area (Å²) in [4.78, 5) is 36.5. The number of nitrogens with two attached hydrogens (primary N) is 1. The van der Waals surface area contributed by atoms with Gasteiger partial charge in [-0.1, -0.05) is 99.5 Å². The van der Waals surface area contributed by atoms with Crippen LogP contribution in [0.3, 0.4) is 0 Å². The van der Waals surface area contributed by atoms with Gasteiger partial charge in [0.1, 0.15) is 0 Å². The molecule has 68 heavy (non-hydrogen) atoms. The summed E-state index contributed by atoms with van der Waals surface area (Å²) >= 11 is 0. The summed E-state index contributed by atoms with van der Waals surface area (Å²) in [5.41, 5.74) is 22.2. The van der Waals surface area contributed by atoms with Crippen LogP contribution in [-0.2, 0) is 22.6 Å². The van der Waals surface area contributed by atoms with Crippen LogP contribution in [0.5, 0.6) is 0 Å². The highest BCUT2D eigenvalue weighted by Gasteiger charge is 2.22. The number of Topliss-reactive ketones (excluding diaryl/α,β-unsaturated/α-hetero) is 1. The molecule has 5 aromatic rings. The Morgan fingerprint density at radius 2 is 1.53 bits per heavy atom. The van der Waals surface area contributed by atoms with Crippen LogP contribution in [0.2, 0.25) is 0 Å². The third-order valence-corrected chi connectivity index (χ3v) is 13.2. The number of nitrogens with zero attached hydrogens (tertiary/aromatic N) is 3. The van der Waals surface area contributed by atoms with Crippen LogP contribution in [0.15, 0.2) is 109 Å². The first-order chi connectivity index (χ1) is 33.0. The number of aromatic nitrogens is 1. The SMILES string of the molecule is CC.CC.CC(=O)c1ccc(C2CCN(C/C(C)=C/c3c(-c4ccc5c(c4)CNN5)ccnc3C)CC2)cc1.Cc1ccc(CC2CCN(c3ccc(NC(C)CCC(=O)ON)cc3)CC2)cc1. The highest BCUT2D eigenvalue weighted by Crippen LogP contribution is 2.33. The second kappa shape index (κ2) is 27.3. The largest absolute Gasteiger partial charge is 0.383 e. The number of likely N-dealkylation sites (tertiary alicyclic amines) is 1. The lowest BCUT2D eigenvalue weighted by molar-refractivity contribution is -0.144. The van der Waals surface area contributed by atoms with Gasteiger partial charge in [-0.15, -0.1) is 0 Å². The van der Waals surface area contributed by atoms with Gasteiger partial charge in [-0.05, 0) is 168 Å². The molecule has 0 saturated carbocycles. The molecule has 10 nitrogen and oxygen atoms in total. The topological polar surface area (TPSA) is 125 Å². The maximum Gasteiger partial charge on any atom is 0.324 e. The smallest absolute Gasteiger partial charge is 0.324 e. The summed E-state index contributed by atoms with van der Waals surface area (Å²) in [6, 6.07) is 34.7. The van der Waals surface area contributed by atoms with E-state index >= 15 is 0 Å². The summed E-state index contributed by atoms with van der Waals surface area (Å²) in [6.07, 6.45) is 11.2. The predicted octanol–water partition coefficient (Wildman–Crippen LogP) is 12.5. The van der Waals surface area contributed by atoms with Crippen LogP contribution in [0.4, 0.5) is 17.1 Å². The normalized spacial score (nSPS) is 15.5. The van der Waals surface area contributed by atoms with E-state index in [1.807, 2.05) is 46.0 Å². The second-order valence-electron chi connectivity index (χ2n) is 18.2. The number of hydrazine groups is 1. The highest BCUT2D eigenvalue weighted by atomic mass is 16.7. The lowest BCUT2D eigenvalue weighted by atomic mass is 9.88. The van der Waals surface area contributed by atoms with Crippen molar-refractivity contribution in [1.29, 1.82) is 0 Å². The monoisotopic (exact) mass is 922 g/mol. The van der Waals surface area contributed by atoms with Crippen molar-refractivity contribution in [2.24, 2.45) is 11.8 Å². The maximum absolute atomic E-state index is 11.6. The first-order valence-electron chi connectivity index (χ1n) is 25.2. The number of rotatable bonds is 14. The molecular formula is C58H79N7O3. The molecule has 0 radical (unpaired) electrons. The van der Waals surface area contributed by atoms with Crippen molar-refractivity contribution in [2.45, 2.75) is 126 Å². The van der Waals surface area contributed by atoms with Gasteiger partial charge in [-0.3, -0.25) is 19.5 Å². The Balaban J connectivity index is 0.000000241. The van der Waals surface area contributed by atoms with Crippen LogP contribution >= 0.6 is 0 Å². The Labute approximate surface area is 408 Å². The lowest BCUT2D eigenvalue weighted by Crippen LogP contribution is -2.34. The number of nitrogens with one attached hydrogen (secondary N) is 3. The van der Waals surface area contributed by atoms with Crippen molar-refractivity contribution < 1.29 is 14.4 Å². The van der Waals surface area contributed by atoms with E-state index < -0.39 is 0 Å². The molecule has 364 valence electrons. The number of ketones is 1. The average Bonchev–Trinajstić information content (AvgIpc) is 3.85.